The molecular formula is C15H29N5. The van der Waals surface area contributed by atoms with Gasteiger partial charge < -0.3 is 10.2 Å². The number of rotatable bonds is 6. The summed E-state index contributed by atoms with van der Waals surface area (Å²) in [4.78, 5) is 6.52. The smallest absolute Gasteiger partial charge is 0.193 e. The summed E-state index contributed by atoms with van der Waals surface area (Å²) in [6.07, 6.45) is 3.37. The molecule has 114 valence electrons. The molecule has 0 bridgehead atoms. The Morgan fingerprint density at radius 2 is 2.10 bits per heavy atom. The molecule has 0 saturated carbocycles. The van der Waals surface area contributed by atoms with Gasteiger partial charge in [0, 0.05) is 39.9 Å². The van der Waals surface area contributed by atoms with E-state index in [0.29, 0.717) is 0 Å². The highest BCUT2D eigenvalue weighted by Crippen LogP contribution is 2.11. The topological polar surface area (TPSA) is 45.4 Å². The maximum Gasteiger partial charge on any atom is 0.193 e. The van der Waals surface area contributed by atoms with E-state index >= 15 is 0 Å². The zero-order valence-electron chi connectivity index (χ0n) is 13.8. The number of guanidine groups is 1. The lowest BCUT2D eigenvalue weighted by molar-refractivity contribution is 0.465. The third-order valence-electron chi connectivity index (χ3n) is 3.74. The van der Waals surface area contributed by atoms with Crippen molar-refractivity contribution in [3.63, 3.8) is 0 Å². The number of nitrogens with one attached hydrogen (secondary N) is 1. The molecule has 0 aromatic carbocycles. The summed E-state index contributed by atoms with van der Waals surface area (Å²) in [6, 6.07) is 0. The Balaban J connectivity index is 2.50. The Kier molecular flexibility index (Phi) is 6.55. The highest BCUT2D eigenvalue weighted by molar-refractivity contribution is 5.79. The van der Waals surface area contributed by atoms with Crippen molar-refractivity contribution in [2.24, 2.45) is 12.0 Å². The second kappa shape index (κ2) is 7.92. The van der Waals surface area contributed by atoms with E-state index in [0.717, 1.165) is 31.2 Å². The van der Waals surface area contributed by atoms with Crippen LogP contribution in [0.2, 0.25) is 0 Å². The van der Waals surface area contributed by atoms with Crippen LogP contribution in [0.4, 0.5) is 0 Å². The zero-order chi connectivity index (χ0) is 15.1. The summed E-state index contributed by atoms with van der Waals surface area (Å²) >= 11 is 0. The predicted octanol–water partition coefficient (Wildman–Crippen LogP) is 1.89. The standard InChI is InChI=1S/C15H29N5/c1-7-8-11-19(5)15(16-4)17-10-9-14-12(2)18-20(6)13(14)3/h7-11H2,1-6H3,(H,16,17). The molecule has 0 amide bonds. The van der Waals surface area contributed by atoms with Gasteiger partial charge in [0.25, 0.3) is 0 Å². The van der Waals surface area contributed by atoms with Gasteiger partial charge in [-0.1, -0.05) is 13.3 Å². The third kappa shape index (κ3) is 4.25. The lowest BCUT2D eigenvalue weighted by Crippen LogP contribution is -2.40. The summed E-state index contributed by atoms with van der Waals surface area (Å²) < 4.78 is 1.95. The molecule has 1 heterocycles. The highest BCUT2D eigenvalue weighted by atomic mass is 15.3. The van der Waals surface area contributed by atoms with Gasteiger partial charge in [0.15, 0.2) is 5.96 Å². The number of unbranched alkanes of at least 4 members (excludes halogenated alkanes) is 1. The molecular weight excluding hydrogens is 250 g/mol. The molecule has 1 N–H and O–H groups in total. The van der Waals surface area contributed by atoms with Crippen LogP contribution in [0.25, 0.3) is 0 Å². The van der Waals surface area contributed by atoms with Crippen LogP contribution in [0.15, 0.2) is 4.99 Å². The van der Waals surface area contributed by atoms with Crippen molar-refractivity contribution in [1.82, 2.24) is 20.0 Å². The lowest BCUT2D eigenvalue weighted by atomic mass is 10.1. The van der Waals surface area contributed by atoms with Gasteiger partial charge in [0.2, 0.25) is 0 Å². The summed E-state index contributed by atoms with van der Waals surface area (Å²) in [5.41, 5.74) is 3.71. The Hall–Kier alpha value is -1.52. The first-order valence-electron chi connectivity index (χ1n) is 7.42. The van der Waals surface area contributed by atoms with E-state index in [2.05, 4.69) is 48.1 Å². The second-order valence-electron chi connectivity index (χ2n) is 5.27. The minimum atomic E-state index is 0.885. The van der Waals surface area contributed by atoms with Crippen LogP contribution in [0.5, 0.6) is 0 Å². The van der Waals surface area contributed by atoms with Gasteiger partial charge in [0.1, 0.15) is 0 Å². The molecule has 0 aliphatic carbocycles. The number of aryl methyl sites for hydroxylation is 2. The van der Waals surface area contributed by atoms with E-state index in [1.165, 1.54) is 24.1 Å². The van der Waals surface area contributed by atoms with E-state index in [-0.39, 0.29) is 0 Å². The van der Waals surface area contributed by atoms with Crippen LogP contribution in [0, 0.1) is 13.8 Å². The van der Waals surface area contributed by atoms with Gasteiger partial charge in [-0.25, -0.2) is 0 Å². The van der Waals surface area contributed by atoms with Gasteiger partial charge in [0.05, 0.1) is 5.69 Å². The van der Waals surface area contributed by atoms with E-state index < -0.39 is 0 Å². The van der Waals surface area contributed by atoms with E-state index in [9.17, 15) is 0 Å². The number of nitrogens with zero attached hydrogens (tertiary/aromatic N) is 4. The van der Waals surface area contributed by atoms with Gasteiger partial charge in [-0.15, -0.1) is 0 Å². The zero-order valence-corrected chi connectivity index (χ0v) is 13.8. The van der Waals surface area contributed by atoms with Crippen LogP contribution >= 0.6 is 0 Å². The second-order valence-corrected chi connectivity index (χ2v) is 5.27. The van der Waals surface area contributed by atoms with Crippen LogP contribution < -0.4 is 5.32 Å². The molecule has 20 heavy (non-hydrogen) atoms. The summed E-state index contributed by atoms with van der Waals surface area (Å²) in [7, 11) is 5.92. The Bertz CT molecular complexity index is 447. The molecule has 1 rings (SSSR count). The molecule has 0 saturated heterocycles. The van der Waals surface area contributed by atoms with Crippen LogP contribution in [-0.2, 0) is 13.5 Å². The van der Waals surface area contributed by atoms with Crippen LogP contribution in [0.1, 0.15) is 36.7 Å². The summed E-state index contributed by atoms with van der Waals surface area (Å²) in [5.74, 6) is 0.970. The lowest BCUT2D eigenvalue weighted by Gasteiger charge is -2.21. The first kappa shape index (κ1) is 16.5. The molecule has 5 nitrogen and oxygen atoms in total. The van der Waals surface area contributed by atoms with Crippen molar-refractivity contribution < 1.29 is 0 Å². The third-order valence-corrected chi connectivity index (χ3v) is 3.74. The normalized spacial score (nSPS) is 11.8. The summed E-state index contributed by atoms with van der Waals surface area (Å²) in [5, 5.41) is 7.88. The first-order chi connectivity index (χ1) is 9.51. The quantitative estimate of drug-likeness (QED) is 0.639. The van der Waals surface area contributed by atoms with Crippen molar-refractivity contribution >= 4 is 5.96 Å². The average Bonchev–Trinajstić information content (AvgIpc) is 2.66. The molecule has 0 radical (unpaired) electrons. The maximum absolute atomic E-state index is 4.45. The Morgan fingerprint density at radius 3 is 2.60 bits per heavy atom. The van der Waals surface area contributed by atoms with Gasteiger partial charge in [-0.2, -0.15) is 5.10 Å². The van der Waals surface area contributed by atoms with Gasteiger partial charge in [-0.3, -0.25) is 9.67 Å². The minimum Gasteiger partial charge on any atom is -0.356 e. The van der Waals surface area contributed by atoms with Crippen molar-refractivity contribution in [1.29, 1.82) is 0 Å². The van der Waals surface area contributed by atoms with E-state index in [1.807, 2.05) is 18.8 Å². The van der Waals surface area contributed by atoms with Crippen LogP contribution in [0.3, 0.4) is 0 Å². The molecule has 0 unspecified atom stereocenters. The molecule has 0 spiro atoms. The molecule has 1 aromatic heterocycles. The predicted molar refractivity (Wildman–Crippen MR) is 85.3 cm³/mol. The van der Waals surface area contributed by atoms with E-state index in [4.69, 9.17) is 0 Å². The molecule has 1 aromatic rings. The van der Waals surface area contributed by atoms with Gasteiger partial charge >= 0.3 is 0 Å². The highest BCUT2D eigenvalue weighted by Gasteiger charge is 2.10. The fraction of sp³-hybridized carbons (Fsp3) is 0.733. The number of aliphatic imine (C=N–C) groups is 1. The molecule has 0 aliphatic heterocycles. The minimum absolute atomic E-state index is 0.885. The Labute approximate surface area is 123 Å². The SMILES string of the molecule is CCCCN(C)C(=NC)NCCc1c(C)nn(C)c1C. The van der Waals surface area contributed by atoms with E-state index in [1.54, 1.807) is 0 Å². The molecule has 5 heteroatoms. The number of aromatic nitrogens is 2. The van der Waals surface area contributed by atoms with Crippen LogP contribution in [-0.4, -0.2) is 47.8 Å². The maximum atomic E-state index is 4.45. The molecule has 0 aliphatic rings. The first-order valence-corrected chi connectivity index (χ1v) is 7.42. The molecule has 0 atom stereocenters. The van der Waals surface area contributed by atoms with Crippen molar-refractivity contribution in [3.05, 3.63) is 17.0 Å². The summed E-state index contributed by atoms with van der Waals surface area (Å²) in [6.45, 7) is 8.33. The van der Waals surface area contributed by atoms with Crippen molar-refractivity contribution in [3.8, 4) is 0 Å². The number of hydrogen-bond donors (Lipinski definition) is 1. The fourth-order valence-corrected chi connectivity index (χ4v) is 2.36. The fourth-order valence-electron chi connectivity index (χ4n) is 2.36. The largest absolute Gasteiger partial charge is 0.356 e. The number of hydrogen-bond acceptors (Lipinski definition) is 2. The van der Waals surface area contributed by atoms with Gasteiger partial charge in [-0.05, 0) is 32.3 Å². The Morgan fingerprint density at radius 1 is 1.40 bits per heavy atom. The molecule has 0 fully saturated rings. The van der Waals surface area contributed by atoms with Crippen molar-refractivity contribution in [2.45, 2.75) is 40.0 Å². The average molecular weight is 279 g/mol. The monoisotopic (exact) mass is 279 g/mol. The van der Waals surface area contributed by atoms with Crippen molar-refractivity contribution in [2.75, 3.05) is 27.2 Å².